The van der Waals surface area contributed by atoms with E-state index in [2.05, 4.69) is 5.32 Å². The smallest absolute Gasteiger partial charge is 0.341 e. The van der Waals surface area contributed by atoms with Gasteiger partial charge in [0.15, 0.2) is 6.61 Å². The van der Waals surface area contributed by atoms with E-state index in [1.165, 1.54) is 0 Å². The highest BCUT2D eigenvalue weighted by Gasteiger charge is 2.19. The Balaban J connectivity index is 2.75. The number of para-hydroxylation sites is 1. The maximum atomic E-state index is 12.0. The number of aliphatic carboxylic acids is 1. The van der Waals surface area contributed by atoms with Gasteiger partial charge in [-0.1, -0.05) is 25.1 Å². The molecule has 1 atom stereocenters. The largest absolute Gasteiger partial charge is 0.482 e. The number of benzene rings is 1. The molecule has 1 aromatic carbocycles. The highest BCUT2D eigenvalue weighted by Crippen LogP contribution is 2.28. The first-order valence-electron chi connectivity index (χ1n) is 6.93. The standard InChI is InChI=1S/C16H23NO4/c1-11(9-14(18)17-16(2,3)4)12-7-5-6-8-13(12)21-10-15(19)20/h5-8,11H,9-10H2,1-4H3,(H,17,18)(H,19,20). The van der Waals surface area contributed by atoms with Crippen molar-refractivity contribution < 1.29 is 19.4 Å². The van der Waals surface area contributed by atoms with Crippen molar-refractivity contribution in [3.63, 3.8) is 0 Å². The van der Waals surface area contributed by atoms with E-state index < -0.39 is 12.6 Å². The summed E-state index contributed by atoms with van der Waals surface area (Å²) in [6.45, 7) is 7.32. The number of carboxylic acid groups (broad SMARTS) is 1. The molecule has 5 heteroatoms. The van der Waals surface area contributed by atoms with Crippen LogP contribution >= 0.6 is 0 Å². The van der Waals surface area contributed by atoms with Gasteiger partial charge in [-0.3, -0.25) is 4.79 Å². The van der Waals surface area contributed by atoms with Gasteiger partial charge in [-0.05, 0) is 38.3 Å². The Morgan fingerprint density at radius 3 is 2.48 bits per heavy atom. The molecule has 0 aliphatic rings. The quantitative estimate of drug-likeness (QED) is 0.845. The van der Waals surface area contributed by atoms with Crippen molar-refractivity contribution in [3.05, 3.63) is 29.8 Å². The minimum Gasteiger partial charge on any atom is -0.482 e. The number of carbonyl (C=O) groups excluding carboxylic acids is 1. The van der Waals surface area contributed by atoms with E-state index in [-0.39, 0.29) is 17.4 Å². The van der Waals surface area contributed by atoms with Crippen LogP contribution in [0.15, 0.2) is 24.3 Å². The van der Waals surface area contributed by atoms with E-state index in [0.29, 0.717) is 12.2 Å². The van der Waals surface area contributed by atoms with Gasteiger partial charge in [0, 0.05) is 12.0 Å². The Morgan fingerprint density at radius 1 is 1.29 bits per heavy atom. The predicted molar refractivity (Wildman–Crippen MR) is 80.5 cm³/mol. The molecule has 0 aromatic heterocycles. The van der Waals surface area contributed by atoms with Crippen LogP contribution < -0.4 is 10.1 Å². The summed E-state index contributed by atoms with van der Waals surface area (Å²) >= 11 is 0. The first kappa shape index (κ1) is 17.0. The van der Waals surface area contributed by atoms with Crippen LogP contribution in [-0.2, 0) is 9.59 Å². The fourth-order valence-corrected chi connectivity index (χ4v) is 2.02. The number of amides is 1. The van der Waals surface area contributed by atoms with Gasteiger partial charge in [-0.2, -0.15) is 0 Å². The van der Waals surface area contributed by atoms with Crippen LogP contribution in [0.3, 0.4) is 0 Å². The molecule has 5 nitrogen and oxygen atoms in total. The summed E-state index contributed by atoms with van der Waals surface area (Å²) in [6, 6.07) is 7.20. The number of hydrogen-bond donors (Lipinski definition) is 2. The molecule has 2 N–H and O–H groups in total. The second-order valence-corrected chi connectivity index (χ2v) is 6.12. The van der Waals surface area contributed by atoms with Gasteiger partial charge in [-0.25, -0.2) is 4.79 Å². The van der Waals surface area contributed by atoms with Crippen molar-refractivity contribution in [2.24, 2.45) is 0 Å². The highest BCUT2D eigenvalue weighted by molar-refractivity contribution is 5.77. The van der Waals surface area contributed by atoms with Crippen LogP contribution in [0.5, 0.6) is 5.75 Å². The summed E-state index contributed by atoms with van der Waals surface area (Å²) in [5, 5.41) is 11.6. The summed E-state index contributed by atoms with van der Waals surface area (Å²) in [7, 11) is 0. The van der Waals surface area contributed by atoms with Crippen molar-refractivity contribution in [1.82, 2.24) is 5.32 Å². The molecule has 0 radical (unpaired) electrons. The molecule has 0 fully saturated rings. The molecule has 1 unspecified atom stereocenters. The third kappa shape index (κ3) is 6.29. The lowest BCUT2D eigenvalue weighted by atomic mass is 9.96. The summed E-state index contributed by atoms with van der Waals surface area (Å²) in [5.74, 6) is -0.612. The molecular weight excluding hydrogens is 270 g/mol. The topological polar surface area (TPSA) is 75.6 Å². The maximum Gasteiger partial charge on any atom is 0.341 e. The molecule has 0 aliphatic heterocycles. The number of hydrogen-bond acceptors (Lipinski definition) is 3. The molecule has 1 rings (SSSR count). The van der Waals surface area contributed by atoms with Gasteiger partial charge in [0.1, 0.15) is 5.75 Å². The number of ether oxygens (including phenoxy) is 1. The molecule has 0 spiro atoms. The first-order valence-corrected chi connectivity index (χ1v) is 6.93. The van der Waals surface area contributed by atoms with Gasteiger partial charge in [0.25, 0.3) is 0 Å². The summed E-state index contributed by atoms with van der Waals surface area (Å²) < 4.78 is 5.27. The first-order chi connectivity index (χ1) is 9.69. The average Bonchev–Trinajstić information content (AvgIpc) is 2.34. The van der Waals surface area contributed by atoms with Crippen molar-refractivity contribution >= 4 is 11.9 Å². The lowest BCUT2D eigenvalue weighted by molar-refractivity contribution is -0.139. The van der Waals surface area contributed by atoms with Gasteiger partial charge >= 0.3 is 5.97 Å². The van der Waals surface area contributed by atoms with E-state index in [9.17, 15) is 9.59 Å². The number of nitrogens with one attached hydrogen (secondary N) is 1. The highest BCUT2D eigenvalue weighted by atomic mass is 16.5. The fraction of sp³-hybridized carbons (Fsp3) is 0.500. The molecule has 0 saturated heterocycles. The number of carbonyl (C=O) groups is 2. The van der Waals surface area contributed by atoms with E-state index in [1.54, 1.807) is 12.1 Å². The van der Waals surface area contributed by atoms with Crippen molar-refractivity contribution in [3.8, 4) is 5.75 Å². The average molecular weight is 293 g/mol. The Kier molecular flexibility index (Phi) is 5.76. The van der Waals surface area contributed by atoms with Crippen LogP contribution in [0, 0.1) is 0 Å². The normalized spacial score (nSPS) is 12.6. The van der Waals surface area contributed by atoms with Crippen LogP contribution in [0.4, 0.5) is 0 Å². The van der Waals surface area contributed by atoms with Gasteiger partial charge < -0.3 is 15.2 Å². The monoisotopic (exact) mass is 293 g/mol. The predicted octanol–water partition coefficient (Wildman–Crippen LogP) is 2.56. The van der Waals surface area contributed by atoms with Crippen molar-refractivity contribution in [2.45, 2.75) is 45.6 Å². The molecule has 0 heterocycles. The van der Waals surface area contributed by atoms with Gasteiger partial charge in [0.05, 0.1) is 0 Å². The molecule has 21 heavy (non-hydrogen) atoms. The summed E-state index contributed by atoms with van der Waals surface area (Å²) in [6.07, 6.45) is 0.324. The van der Waals surface area contributed by atoms with E-state index >= 15 is 0 Å². The molecule has 0 bridgehead atoms. The van der Waals surface area contributed by atoms with Gasteiger partial charge in [0.2, 0.25) is 5.91 Å². The zero-order valence-corrected chi connectivity index (χ0v) is 13.0. The molecule has 116 valence electrons. The number of rotatable bonds is 6. The Bertz CT molecular complexity index is 505. The third-order valence-corrected chi connectivity index (χ3v) is 2.81. The SMILES string of the molecule is CC(CC(=O)NC(C)(C)C)c1ccccc1OCC(=O)O. The second kappa shape index (κ2) is 7.11. The zero-order chi connectivity index (χ0) is 16.0. The van der Waals surface area contributed by atoms with E-state index in [4.69, 9.17) is 9.84 Å². The second-order valence-electron chi connectivity index (χ2n) is 6.12. The number of carboxylic acids is 1. The molecule has 1 amide bonds. The van der Waals surface area contributed by atoms with Crippen molar-refractivity contribution in [2.75, 3.05) is 6.61 Å². The Morgan fingerprint density at radius 2 is 1.90 bits per heavy atom. The zero-order valence-electron chi connectivity index (χ0n) is 13.0. The van der Waals surface area contributed by atoms with Crippen LogP contribution in [0.1, 0.15) is 45.6 Å². The minimum absolute atomic E-state index is 0.0389. The van der Waals surface area contributed by atoms with Crippen LogP contribution in [0.25, 0.3) is 0 Å². The van der Waals surface area contributed by atoms with Crippen molar-refractivity contribution in [1.29, 1.82) is 0 Å². The molecule has 0 saturated carbocycles. The van der Waals surface area contributed by atoms with Crippen LogP contribution in [-0.4, -0.2) is 29.1 Å². The molecule has 0 aliphatic carbocycles. The fourth-order valence-electron chi connectivity index (χ4n) is 2.02. The lowest BCUT2D eigenvalue weighted by Crippen LogP contribution is -2.40. The minimum atomic E-state index is -1.03. The Labute approximate surface area is 125 Å². The third-order valence-electron chi connectivity index (χ3n) is 2.81. The van der Waals surface area contributed by atoms with E-state index in [1.807, 2.05) is 39.8 Å². The summed E-state index contributed by atoms with van der Waals surface area (Å²) in [5.41, 5.74) is 0.568. The maximum absolute atomic E-state index is 12.0. The Hall–Kier alpha value is -2.04. The van der Waals surface area contributed by atoms with Gasteiger partial charge in [-0.15, -0.1) is 0 Å². The summed E-state index contributed by atoms with van der Waals surface area (Å²) in [4.78, 5) is 22.6. The van der Waals surface area contributed by atoms with Crippen LogP contribution in [0.2, 0.25) is 0 Å². The molecule has 1 aromatic rings. The molecular formula is C16H23NO4. The lowest BCUT2D eigenvalue weighted by Gasteiger charge is -2.22. The van der Waals surface area contributed by atoms with E-state index in [0.717, 1.165) is 5.56 Å².